The minimum absolute atomic E-state index is 0.272. The van der Waals surface area contributed by atoms with Gasteiger partial charge in [-0.25, -0.2) is 0 Å². The van der Waals surface area contributed by atoms with Crippen molar-refractivity contribution in [3.8, 4) is 22.3 Å². The van der Waals surface area contributed by atoms with E-state index < -0.39 is 0 Å². The molecule has 2 heteroatoms. The van der Waals surface area contributed by atoms with Gasteiger partial charge < -0.3 is 9.80 Å². The van der Waals surface area contributed by atoms with Gasteiger partial charge in [-0.2, -0.15) is 0 Å². The minimum Gasteiger partial charge on any atom is -0.310 e. The van der Waals surface area contributed by atoms with Crippen LogP contribution < -0.4 is 9.80 Å². The molecule has 0 unspecified atom stereocenters. The van der Waals surface area contributed by atoms with E-state index >= 15 is 0 Å². The normalized spacial score (nSPS) is 13.0. The maximum Gasteiger partial charge on any atom is 0.0618 e. The van der Waals surface area contributed by atoms with Crippen LogP contribution in [-0.2, 0) is 5.41 Å². The van der Waals surface area contributed by atoms with Gasteiger partial charge in [0.05, 0.1) is 17.1 Å². The summed E-state index contributed by atoms with van der Waals surface area (Å²) in [4.78, 5) is 4.91. The zero-order valence-corrected chi connectivity index (χ0v) is 33.2. The predicted octanol–water partition coefficient (Wildman–Crippen LogP) is 16.1. The van der Waals surface area contributed by atoms with Gasteiger partial charge >= 0.3 is 0 Å². The van der Waals surface area contributed by atoms with Gasteiger partial charge in [0.1, 0.15) is 0 Å². The average molecular weight is 755 g/mol. The SMILES string of the molecule is CC1(C)c2ccccc2N(c2c(-c3ccc(N(c4ccccc4)c4ccc5ccccc5c4)cc3)ccc3ccccc23)c2cccc(-c3cccc4ccccc34)c21. The summed E-state index contributed by atoms with van der Waals surface area (Å²) in [7, 11) is 0. The Balaban J connectivity index is 1.12. The van der Waals surface area contributed by atoms with Gasteiger partial charge in [-0.05, 0) is 103 Å². The molecular formula is C57H42N2. The summed E-state index contributed by atoms with van der Waals surface area (Å²) in [5.74, 6) is 0. The molecule has 10 aromatic carbocycles. The zero-order chi connectivity index (χ0) is 39.5. The van der Waals surface area contributed by atoms with Crippen molar-refractivity contribution in [2.75, 3.05) is 9.80 Å². The number of nitrogens with zero attached hydrogens (tertiary/aromatic N) is 2. The van der Waals surface area contributed by atoms with Gasteiger partial charge in [0, 0.05) is 33.4 Å². The second kappa shape index (κ2) is 13.9. The van der Waals surface area contributed by atoms with E-state index in [-0.39, 0.29) is 5.41 Å². The van der Waals surface area contributed by atoms with Crippen molar-refractivity contribution in [2.24, 2.45) is 0 Å². The largest absolute Gasteiger partial charge is 0.310 e. The number of hydrogen-bond acceptors (Lipinski definition) is 2. The molecule has 0 radical (unpaired) electrons. The van der Waals surface area contributed by atoms with Crippen molar-refractivity contribution >= 4 is 66.4 Å². The van der Waals surface area contributed by atoms with Crippen molar-refractivity contribution < 1.29 is 0 Å². The first-order valence-electron chi connectivity index (χ1n) is 20.5. The molecule has 0 N–H and O–H groups in total. The van der Waals surface area contributed by atoms with E-state index in [4.69, 9.17) is 0 Å². The fourth-order valence-electron chi connectivity index (χ4n) is 9.63. The maximum atomic E-state index is 2.56. The molecular weight excluding hydrogens is 713 g/mol. The Bertz CT molecular complexity index is 3190. The number of hydrogen-bond donors (Lipinski definition) is 0. The molecule has 0 aromatic heterocycles. The lowest BCUT2D eigenvalue weighted by molar-refractivity contribution is 0.634. The number of anilines is 6. The standard InChI is InChI=1S/C57H42N2/c1-57(2)52-27-12-13-28-53(52)59(54-29-15-26-51(55(54)57)50-25-14-20-40-17-8-10-23-47(40)50)56-48-24-11-9-18-41(48)33-37-49(56)42-31-34-45(35-32-42)58(44-21-4-3-5-22-44)46-36-30-39-16-6-7-19-43(39)38-46/h3-38H,1-2H3. The number of para-hydroxylation sites is 2. The Morgan fingerprint density at radius 1 is 0.373 bits per heavy atom. The highest BCUT2D eigenvalue weighted by Crippen LogP contribution is 2.57. The lowest BCUT2D eigenvalue weighted by Gasteiger charge is -2.44. The average Bonchev–Trinajstić information content (AvgIpc) is 3.29. The van der Waals surface area contributed by atoms with Crippen molar-refractivity contribution in [1.29, 1.82) is 0 Å². The topological polar surface area (TPSA) is 6.48 Å². The van der Waals surface area contributed by atoms with Gasteiger partial charge in [0.2, 0.25) is 0 Å². The Morgan fingerprint density at radius 3 is 1.75 bits per heavy atom. The number of rotatable bonds is 6. The zero-order valence-electron chi connectivity index (χ0n) is 33.2. The summed E-state index contributed by atoms with van der Waals surface area (Å²) in [6, 6.07) is 80.0. The Hall–Kier alpha value is -7.42. The molecule has 1 aliphatic heterocycles. The van der Waals surface area contributed by atoms with Crippen LogP contribution in [-0.4, -0.2) is 0 Å². The van der Waals surface area contributed by atoms with E-state index in [9.17, 15) is 0 Å². The highest BCUT2D eigenvalue weighted by atomic mass is 15.2. The summed E-state index contributed by atoms with van der Waals surface area (Å²) in [5.41, 5.74) is 14.2. The van der Waals surface area contributed by atoms with E-state index in [1.165, 1.54) is 77.2 Å². The van der Waals surface area contributed by atoms with E-state index in [0.29, 0.717) is 0 Å². The molecule has 0 atom stereocenters. The first kappa shape index (κ1) is 34.8. The second-order valence-corrected chi connectivity index (χ2v) is 16.1. The van der Waals surface area contributed by atoms with Gasteiger partial charge in [-0.1, -0.05) is 184 Å². The summed E-state index contributed by atoms with van der Waals surface area (Å²) in [5, 5.41) is 7.40. The smallest absolute Gasteiger partial charge is 0.0618 e. The molecule has 0 saturated carbocycles. The molecule has 59 heavy (non-hydrogen) atoms. The molecule has 0 aliphatic carbocycles. The summed E-state index contributed by atoms with van der Waals surface area (Å²) in [6.07, 6.45) is 0. The first-order chi connectivity index (χ1) is 29.0. The third-order valence-electron chi connectivity index (χ3n) is 12.4. The van der Waals surface area contributed by atoms with Gasteiger partial charge in [0.15, 0.2) is 0 Å². The van der Waals surface area contributed by atoms with Crippen LogP contribution in [0, 0.1) is 0 Å². The van der Waals surface area contributed by atoms with Gasteiger partial charge in [-0.15, -0.1) is 0 Å². The van der Waals surface area contributed by atoms with E-state index in [1.54, 1.807) is 0 Å². The monoisotopic (exact) mass is 754 g/mol. The van der Waals surface area contributed by atoms with E-state index in [2.05, 4.69) is 242 Å². The Labute approximate surface area is 345 Å². The third-order valence-corrected chi connectivity index (χ3v) is 12.4. The van der Waals surface area contributed by atoms with Crippen LogP contribution >= 0.6 is 0 Å². The van der Waals surface area contributed by atoms with Crippen LogP contribution in [0.25, 0.3) is 54.6 Å². The van der Waals surface area contributed by atoms with Crippen LogP contribution in [0.15, 0.2) is 218 Å². The molecule has 11 rings (SSSR count). The first-order valence-corrected chi connectivity index (χ1v) is 20.5. The second-order valence-electron chi connectivity index (χ2n) is 16.1. The molecule has 1 aliphatic rings. The molecule has 0 fully saturated rings. The highest BCUT2D eigenvalue weighted by Gasteiger charge is 2.40. The minimum atomic E-state index is -0.272. The van der Waals surface area contributed by atoms with Gasteiger partial charge in [-0.3, -0.25) is 0 Å². The maximum absolute atomic E-state index is 2.56. The molecule has 280 valence electrons. The molecule has 1 heterocycles. The quantitative estimate of drug-likeness (QED) is 0.167. The molecule has 2 nitrogen and oxygen atoms in total. The van der Waals surface area contributed by atoms with Crippen LogP contribution in [0.5, 0.6) is 0 Å². The van der Waals surface area contributed by atoms with Crippen molar-refractivity contribution in [3.63, 3.8) is 0 Å². The number of benzene rings is 10. The van der Waals surface area contributed by atoms with E-state index in [0.717, 1.165) is 22.6 Å². The van der Waals surface area contributed by atoms with Crippen molar-refractivity contribution in [3.05, 3.63) is 230 Å². The Morgan fingerprint density at radius 2 is 0.932 bits per heavy atom. The fourth-order valence-corrected chi connectivity index (χ4v) is 9.63. The van der Waals surface area contributed by atoms with Crippen LogP contribution in [0.4, 0.5) is 34.1 Å². The molecule has 10 aromatic rings. The molecule has 0 spiro atoms. The van der Waals surface area contributed by atoms with Crippen LogP contribution in [0.3, 0.4) is 0 Å². The third kappa shape index (κ3) is 5.71. The lowest BCUT2D eigenvalue weighted by atomic mass is 9.70. The summed E-state index contributed by atoms with van der Waals surface area (Å²) >= 11 is 0. The number of fused-ring (bicyclic) bond motifs is 5. The highest BCUT2D eigenvalue weighted by molar-refractivity contribution is 6.09. The predicted molar refractivity (Wildman–Crippen MR) is 251 cm³/mol. The van der Waals surface area contributed by atoms with Gasteiger partial charge in [0.25, 0.3) is 0 Å². The molecule has 0 saturated heterocycles. The molecule has 0 bridgehead atoms. The Kier molecular flexibility index (Phi) is 8.20. The van der Waals surface area contributed by atoms with E-state index in [1.807, 2.05) is 0 Å². The fraction of sp³-hybridized carbons (Fsp3) is 0.0526. The molecule has 0 amide bonds. The van der Waals surface area contributed by atoms with Crippen molar-refractivity contribution in [2.45, 2.75) is 19.3 Å². The van der Waals surface area contributed by atoms with Crippen LogP contribution in [0.2, 0.25) is 0 Å². The lowest BCUT2D eigenvalue weighted by Crippen LogP contribution is -2.31. The summed E-state index contributed by atoms with van der Waals surface area (Å²) < 4.78 is 0. The van der Waals surface area contributed by atoms with Crippen molar-refractivity contribution in [1.82, 2.24) is 0 Å². The van der Waals surface area contributed by atoms with Crippen LogP contribution in [0.1, 0.15) is 25.0 Å². The summed E-state index contributed by atoms with van der Waals surface area (Å²) in [6.45, 7) is 4.79.